The Hall–Kier alpha value is -0.540. The lowest BCUT2D eigenvalue weighted by molar-refractivity contribution is 0.137. The molecule has 0 amide bonds. The number of rotatable bonds is 2. The minimum atomic E-state index is -0.0844. The van der Waals surface area contributed by atoms with E-state index in [1.165, 1.54) is 30.4 Å². The SMILES string of the molecule is CC1(C)Cc2cc(C3(CN)CCC3)cc(Br)c2O1. The third-order valence-corrected chi connectivity index (χ3v) is 5.02. The summed E-state index contributed by atoms with van der Waals surface area (Å²) in [6, 6.07) is 4.53. The summed E-state index contributed by atoms with van der Waals surface area (Å²) >= 11 is 3.66. The van der Waals surface area contributed by atoms with Crippen LogP contribution in [-0.2, 0) is 11.8 Å². The van der Waals surface area contributed by atoms with Crippen molar-refractivity contribution in [2.24, 2.45) is 5.73 Å². The van der Waals surface area contributed by atoms with E-state index in [0.29, 0.717) is 0 Å². The number of fused-ring (bicyclic) bond motifs is 1. The van der Waals surface area contributed by atoms with Crippen LogP contribution < -0.4 is 10.5 Å². The molecular formula is C15H20BrNO. The third-order valence-electron chi connectivity index (χ3n) is 4.43. The average Bonchev–Trinajstić information content (AvgIpc) is 2.52. The highest BCUT2D eigenvalue weighted by Gasteiger charge is 2.40. The van der Waals surface area contributed by atoms with Crippen molar-refractivity contribution in [3.05, 3.63) is 27.7 Å². The molecule has 0 saturated heterocycles. The van der Waals surface area contributed by atoms with Gasteiger partial charge in [0.05, 0.1) is 4.47 Å². The smallest absolute Gasteiger partial charge is 0.137 e. The van der Waals surface area contributed by atoms with E-state index >= 15 is 0 Å². The van der Waals surface area contributed by atoms with Gasteiger partial charge in [0, 0.05) is 18.4 Å². The van der Waals surface area contributed by atoms with E-state index in [9.17, 15) is 0 Å². The lowest BCUT2D eigenvalue weighted by Crippen LogP contribution is -2.41. The van der Waals surface area contributed by atoms with Crippen LogP contribution in [0.15, 0.2) is 16.6 Å². The van der Waals surface area contributed by atoms with Gasteiger partial charge in [-0.05, 0) is 59.8 Å². The van der Waals surface area contributed by atoms with Gasteiger partial charge in [0.2, 0.25) is 0 Å². The first-order valence-corrected chi connectivity index (χ1v) is 7.47. The van der Waals surface area contributed by atoms with Crippen LogP contribution in [0.3, 0.4) is 0 Å². The molecule has 98 valence electrons. The summed E-state index contributed by atoms with van der Waals surface area (Å²) in [4.78, 5) is 0. The summed E-state index contributed by atoms with van der Waals surface area (Å²) < 4.78 is 7.08. The van der Waals surface area contributed by atoms with E-state index in [1.54, 1.807) is 0 Å². The normalized spacial score (nSPS) is 23.1. The summed E-state index contributed by atoms with van der Waals surface area (Å²) in [7, 11) is 0. The third kappa shape index (κ3) is 1.79. The summed E-state index contributed by atoms with van der Waals surface area (Å²) in [5.41, 5.74) is 8.86. The second-order valence-electron chi connectivity index (χ2n) is 6.32. The van der Waals surface area contributed by atoms with Crippen LogP contribution in [0.1, 0.15) is 44.2 Å². The molecule has 1 aromatic carbocycles. The molecule has 18 heavy (non-hydrogen) atoms. The highest BCUT2D eigenvalue weighted by atomic mass is 79.9. The molecule has 1 saturated carbocycles. The minimum absolute atomic E-state index is 0.0844. The van der Waals surface area contributed by atoms with E-state index in [2.05, 4.69) is 41.9 Å². The van der Waals surface area contributed by atoms with Gasteiger partial charge >= 0.3 is 0 Å². The molecule has 1 aromatic rings. The predicted molar refractivity (Wildman–Crippen MR) is 77.1 cm³/mol. The van der Waals surface area contributed by atoms with Gasteiger partial charge in [0.1, 0.15) is 11.4 Å². The number of nitrogens with two attached hydrogens (primary N) is 1. The molecule has 3 rings (SSSR count). The number of hydrogen-bond acceptors (Lipinski definition) is 2. The van der Waals surface area contributed by atoms with E-state index in [1.807, 2.05) is 0 Å². The maximum Gasteiger partial charge on any atom is 0.137 e. The predicted octanol–water partition coefficient (Wildman–Crippen LogP) is 3.54. The number of halogens is 1. The zero-order valence-electron chi connectivity index (χ0n) is 11.1. The van der Waals surface area contributed by atoms with Crippen molar-refractivity contribution < 1.29 is 4.74 Å². The molecule has 3 heteroatoms. The van der Waals surface area contributed by atoms with Crippen LogP contribution in [0.2, 0.25) is 0 Å². The average molecular weight is 310 g/mol. The molecule has 2 nitrogen and oxygen atoms in total. The largest absolute Gasteiger partial charge is 0.486 e. The standard InChI is InChI=1S/C15H20BrNO/c1-14(2)8-10-6-11(7-12(16)13(10)18-14)15(9-17)4-3-5-15/h6-7H,3-5,8-9,17H2,1-2H3. The summed E-state index contributed by atoms with van der Waals surface area (Å²) in [6.45, 7) is 5.03. The Morgan fingerprint density at radius 2 is 2.06 bits per heavy atom. The van der Waals surface area contributed by atoms with Crippen molar-refractivity contribution in [1.82, 2.24) is 0 Å². The molecule has 0 unspecified atom stereocenters. The summed E-state index contributed by atoms with van der Waals surface area (Å²) in [6.07, 6.45) is 4.72. The highest BCUT2D eigenvalue weighted by Crippen LogP contribution is 2.48. The molecule has 0 radical (unpaired) electrons. The monoisotopic (exact) mass is 309 g/mol. The Kier molecular flexibility index (Phi) is 2.76. The van der Waals surface area contributed by atoms with E-state index < -0.39 is 0 Å². The minimum Gasteiger partial charge on any atom is -0.486 e. The van der Waals surface area contributed by atoms with Crippen molar-refractivity contribution in [1.29, 1.82) is 0 Å². The van der Waals surface area contributed by atoms with Crippen LogP contribution in [0, 0.1) is 0 Å². The molecule has 0 spiro atoms. The number of benzene rings is 1. The van der Waals surface area contributed by atoms with E-state index in [0.717, 1.165) is 23.2 Å². The van der Waals surface area contributed by atoms with Crippen molar-refractivity contribution in [2.45, 2.75) is 50.5 Å². The quantitative estimate of drug-likeness (QED) is 0.907. The molecule has 1 aliphatic heterocycles. The molecule has 1 fully saturated rings. The molecule has 1 aliphatic carbocycles. The van der Waals surface area contributed by atoms with Crippen LogP contribution in [0.5, 0.6) is 5.75 Å². The number of hydrogen-bond donors (Lipinski definition) is 1. The van der Waals surface area contributed by atoms with Gasteiger partial charge in [-0.1, -0.05) is 12.5 Å². The molecular weight excluding hydrogens is 290 g/mol. The van der Waals surface area contributed by atoms with E-state index in [4.69, 9.17) is 10.5 Å². The van der Waals surface area contributed by atoms with Gasteiger partial charge in [-0.3, -0.25) is 0 Å². The Labute approximate surface area is 117 Å². The molecule has 0 aromatic heterocycles. The van der Waals surface area contributed by atoms with Gasteiger partial charge in [0.25, 0.3) is 0 Å². The first-order valence-electron chi connectivity index (χ1n) is 6.68. The fourth-order valence-electron chi connectivity index (χ4n) is 3.19. The maximum atomic E-state index is 6.00. The van der Waals surface area contributed by atoms with Crippen LogP contribution in [0.4, 0.5) is 0 Å². The second-order valence-corrected chi connectivity index (χ2v) is 7.18. The van der Waals surface area contributed by atoms with E-state index in [-0.39, 0.29) is 11.0 Å². The van der Waals surface area contributed by atoms with Gasteiger partial charge in [-0.25, -0.2) is 0 Å². The molecule has 2 aliphatic rings. The van der Waals surface area contributed by atoms with Gasteiger partial charge in [-0.15, -0.1) is 0 Å². The second kappa shape index (κ2) is 3.97. The fraction of sp³-hybridized carbons (Fsp3) is 0.600. The van der Waals surface area contributed by atoms with Crippen LogP contribution in [-0.4, -0.2) is 12.1 Å². The lowest BCUT2D eigenvalue weighted by Gasteiger charge is -2.41. The Morgan fingerprint density at radius 1 is 1.33 bits per heavy atom. The van der Waals surface area contributed by atoms with Gasteiger partial charge < -0.3 is 10.5 Å². The molecule has 0 bridgehead atoms. The maximum absolute atomic E-state index is 6.00. The van der Waals surface area contributed by atoms with Crippen LogP contribution in [0.25, 0.3) is 0 Å². The topological polar surface area (TPSA) is 35.2 Å². The van der Waals surface area contributed by atoms with Crippen molar-refractivity contribution >= 4 is 15.9 Å². The first kappa shape index (κ1) is 12.5. The zero-order chi connectivity index (χ0) is 13.0. The fourth-order valence-corrected chi connectivity index (χ4v) is 3.77. The lowest BCUT2D eigenvalue weighted by atomic mass is 9.64. The van der Waals surface area contributed by atoms with Crippen molar-refractivity contribution in [3.63, 3.8) is 0 Å². The summed E-state index contributed by atoms with van der Waals surface area (Å²) in [5, 5.41) is 0. The summed E-state index contributed by atoms with van der Waals surface area (Å²) in [5.74, 6) is 1.02. The van der Waals surface area contributed by atoms with Gasteiger partial charge in [-0.2, -0.15) is 0 Å². The molecule has 2 N–H and O–H groups in total. The Balaban J connectivity index is 2.04. The molecule has 0 atom stereocenters. The highest BCUT2D eigenvalue weighted by molar-refractivity contribution is 9.10. The van der Waals surface area contributed by atoms with Crippen LogP contribution >= 0.6 is 15.9 Å². The number of ether oxygens (including phenoxy) is 1. The Bertz CT molecular complexity index is 486. The zero-order valence-corrected chi connectivity index (χ0v) is 12.6. The van der Waals surface area contributed by atoms with Crippen molar-refractivity contribution in [3.8, 4) is 5.75 Å². The van der Waals surface area contributed by atoms with Crippen molar-refractivity contribution in [2.75, 3.05) is 6.54 Å². The Morgan fingerprint density at radius 3 is 2.61 bits per heavy atom. The first-order chi connectivity index (χ1) is 8.46. The van der Waals surface area contributed by atoms with Gasteiger partial charge in [0.15, 0.2) is 0 Å². The molecule has 1 heterocycles.